The van der Waals surface area contributed by atoms with Gasteiger partial charge < -0.3 is 9.67 Å². The molecule has 6 heteroatoms. The Morgan fingerprint density at radius 2 is 1.86 bits per heavy atom. The quantitative estimate of drug-likeness (QED) is 0.909. The van der Waals surface area contributed by atoms with Crippen LogP contribution in [0.15, 0.2) is 6.33 Å². The lowest BCUT2D eigenvalue weighted by atomic mass is 10.0. The highest BCUT2D eigenvalue weighted by Crippen LogP contribution is 2.26. The molecule has 0 saturated carbocycles. The van der Waals surface area contributed by atoms with Gasteiger partial charge in [-0.2, -0.15) is 0 Å². The van der Waals surface area contributed by atoms with E-state index in [4.69, 9.17) is 0 Å². The largest absolute Gasteiger partial charge is 0.480 e. The number of aromatic nitrogens is 2. The summed E-state index contributed by atoms with van der Waals surface area (Å²) in [5.41, 5.74) is 1.71. The molecule has 0 aliphatic carbocycles. The maximum absolute atomic E-state index is 11.8. The molecule has 118 valence electrons. The van der Waals surface area contributed by atoms with Crippen LogP contribution in [0.1, 0.15) is 38.2 Å². The van der Waals surface area contributed by atoms with Crippen LogP contribution in [0, 0.1) is 6.92 Å². The van der Waals surface area contributed by atoms with Gasteiger partial charge in [0.15, 0.2) is 6.04 Å². The first kappa shape index (κ1) is 16.0. The maximum Gasteiger partial charge on any atom is 0.327 e. The molecule has 1 aromatic heterocycles. The molecular weight excluding hydrogens is 268 g/mol. The van der Waals surface area contributed by atoms with E-state index in [-0.39, 0.29) is 5.54 Å². The van der Waals surface area contributed by atoms with Crippen LogP contribution in [-0.4, -0.2) is 62.1 Å². The first-order valence-corrected chi connectivity index (χ1v) is 7.41. The zero-order chi connectivity index (χ0) is 15.8. The van der Waals surface area contributed by atoms with E-state index < -0.39 is 12.0 Å². The molecule has 0 radical (unpaired) electrons. The zero-order valence-corrected chi connectivity index (χ0v) is 13.6. The van der Waals surface area contributed by atoms with Crippen molar-refractivity contribution >= 4 is 5.97 Å². The summed E-state index contributed by atoms with van der Waals surface area (Å²) >= 11 is 0. The van der Waals surface area contributed by atoms with Gasteiger partial charge in [0.1, 0.15) is 0 Å². The highest BCUT2D eigenvalue weighted by Gasteiger charge is 2.35. The van der Waals surface area contributed by atoms with Gasteiger partial charge in [0.2, 0.25) is 0 Å². The summed E-state index contributed by atoms with van der Waals surface area (Å²) in [4.78, 5) is 20.5. The number of carboxylic acid groups (broad SMARTS) is 1. The Morgan fingerprint density at radius 1 is 1.29 bits per heavy atom. The van der Waals surface area contributed by atoms with Crippen molar-refractivity contribution in [1.82, 2.24) is 19.4 Å². The third-order valence-corrected chi connectivity index (χ3v) is 4.30. The average Bonchev–Trinajstić information content (AvgIpc) is 2.70. The smallest absolute Gasteiger partial charge is 0.327 e. The van der Waals surface area contributed by atoms with E-state index in [1.807, 2.05) is 18.5 Å². The van der Waals surface area contributed by atoms with E-state index in [9.17, 15) is 9.90 Å². The predicted octanol–water partition coefficient (Wildman–Crippen LogP) is 1.27. The molecule has 1 fully saturated rings. The van der Waals surface area contributed by atoms with E-state index in [1.165, 1.54) is 0 Å². The summed E-state index contributed by atoms with van der Waals surface area (Å²) in [5.74, 6) is -0.800. The van der Waals surface area contributed by atoms with Gasteiger partial charge in [-0.05, 0) is 27.7 Å². The summed E-state index contributed by atoms with van der Waals surface area (Å²) < 4.78 is 1.82. The number of piperazine rings is 1. The van der Waals surface area contributed by atoms with E-state index >= 15 is 0 Å². The summed E-state index contributed by atoms with van der Waals surface area (Å²) in [6.45, 7) is 11.8. The fourth-order valence-electron chi connectivity index (χ4n) is 3.04. The van der Waals surface area contributed by atoms with Crippen LogP contribution in [0.3, 0.4) is 0 Å². The van der Waals surface area contributed by atoms with Gasteiger partial charge in [-0.15, -0.1) is 0 Å². The van der Waals surface area contributed by atoms with Crippen molar-refractivity contribution in [2.45, 2.75) is 39.3 Å². The van der Waals surface area contributed by atoms with Crippen molar-refractivity contribution < 1.29 is 9.90 Å². The molecule has 0 amide bonds. The van der Waals surface area contributed by atoms with Gasteiger partial charge in [0.05, 0.1) is 17.7 Å². The third-order valence-electron chi connectivity index (χ3n) is 4.30. The second kappa shape index (κ2) is 5.77. The molecule has 1 aliphatic heterocycles. The van der Waals surface area contributed by atoms with Crippen LogP contribution in [0.4, 0.5) is 0 Å². The first-order valence-electron chi connectivity index (χ1n) is 7.41. The van der Waals surface area contributed by atoms with Gasteiger partial charge in [-0.25, -0.2) is 4.98 Å². The molecule has 0 spiro atoms. The Bertz CT molecular complexity index is 491. The summed E-state index contributed by atoms with van der Waals surface area (Å²) in [7, 11) is 1.86. The lowest BCUT2D eigenvalue weighted by Gasteiger charge is -2.43. The van der Waals surface area contributed by atoms with E-state index in [0.29, 0.717) is 0 Å². The number of aliphatic carboxylic acids is 1. The molecule has 1 aliphatic rings. The number of carbonyl (C=O) groups is 1. The molecule has 2 rings (SSSR count). The number of hydrogen-bond donors (Lipinski definition) is 1. The first-order chi connectivity index (χ1) is 9.71. The SMILES string of the molecule is Cc1ncn(C)c1C(C(=O)O)N1CCN(C(C)(C)C)CC1. The van der Waals surface area contributed by atoms with Crippen molar-refractivity contribution in [3.05, 3.63) is 17.7 Å². The minimum Gasteiger partial charge on any atom is -0.480 e. The van der Waals surface area contributed by atoms with Crippen LogP contribution in [-0.2, 0) is 11.8 Å². The van der Waals surface area contributed by atoms with Gasteiger partial charge in [-0.3, -0.25) is 14.6 Å². The monoisotopic (exact) mass is 294 g/mol. The van der Waals surface area contributed by atoms with Crippen molar-refractivity contribution in [3.63, 3.8) is 0 Å². The molecule has 1 atom stereocenters. The topological polar surface area (TPSA) is 61.6 Å². The van der Waals surface area contributed by atoms with Crippen LogP contribution >= 0.6 is 0 Å². The highest BCUT2D eigenvalue weighted by atomic mass is 16.4. The van der Waals surface area contributed by atoms with Crippen LogP contribution in [0.2, 0.25) is 0 Å². The fraction of sp³-hybridized carbons (Fsp3) is 0.733. The number of rotatable bonds is 3. The normalized spacial score (nSPS) is 19.7. The Balaban J connectivity index is 2.17. The molecule has 0 bridgehead atoms. The van der Waals surface area contributed by atoms with Crippen molar-refractivity contribution in [2.75, 3.05) is 26.2 Å². The number of nitrogens with zero attached hydrogens (tertiary/aromatic N) is 4. The Hall–Kier alpha value is -1.40. The van der Waals surface area contributed by atoms with Crippen molar-refractivity contribution in [1.29, 1.82) is 0 Å². The van der Waals surface area contributed by atoms with Crippen molar-refractivity contribution in [3.8, 4) is 0 Å². The van der Waals surface area contributed by atoms with Crippen LogP contribution in [0.5, 0.6) is 0 Å². The molecule has 1 aromatic rings. The number of hydrogen-bond acceptors (Lipinski definition) is 4. The highest BCUT2D eigenvalue weighted by molar-refractivity contribution is 5.75. The Labute approximate surface area is 126 Å². The number of carboxylic acids is 1. The summed E-state index contributed by atoms with van der Waals surface area (Å²) in [6, 6.07) is -0.611. The molecule has 1 unspecified atom stereocenters. The zero-order valence-electron chi connectivity index (χ0n) is 13.6. The van der Waals surface area contributed by atoms with E-state index in [2.05, 4.69) is 35.6 Å². The lowest BCUT2D eigenvalue weighted by molar-refractivity contribution is -0.145. The molecule has 0 aromatic carbocycles. The lowest BCUT2D eigenvalue weighted by Crippen LogP contribution is -2.55. The van der Waals surface area contributed by atoms with E-state index in [1.54, 1.807) is 6.33 Å². The summed E-state index contributed by atoms with van der Waals surface area (Å²) in [5, 5.41) is 9.68. The number of aryl methyl sites for hydroxylation is 2. The predicted molar refractivity (Wildman–Crippen MR) is 81.2 cm³/mol. The Kier molecular flexibility index (Phi) is 4.39. The average molecular weight is 294 g/mol. The minimum atomic E-state index is -0.800. The second-order valence-electron chi connectivity index (χ2n) is 6.76. The van der Waals surface area contributed by atoms with Gasteiger partial charge in [0.25, 0.3) is 0 Å². The van der Waals surface area contributed by atoms with Gasteiger partial charge >= 0.3 is 5.97 Å². The minimum absolute atomic E-state index is 0.132. The van der Waals surface area contributed by atoms with Crippen LogP contribution in [0.25, 0.3) is 0 Å². The molecular formula is C15H26N4O2. The molecule has 6 nitrogen and oxygen atoms in total. The Morgan fingerprint density at radius 3 is 2.24 bits per heavy atom. The summed E-state index contributed by atoms with van der Waals surface area (Å²) in [6.07, 6.45) is 1.69. The molecule has 21 heavy (non-hydrogen) atoms. The standard InChI is InChI=1S/C15H26N4O2/c1-11-12(17(5)10-16-11)13(14(20)21)18-6-8-19(9-7-18)15(2,3)4/h10,13H,6-9H2,1-5H3,(H,20,21). The third kappa shape index (κ3) is 3.27. The van der Waals surface area contributed by atoms with Crippen molar-refractivity contribution in [2.24, 2.45) is 7.05 Å². The van der Waals surface area contributed by atoms with E-state index in [0.717, 1.165) is 37.6 Å². The number of imidazole rings is 1. The molecule has 2 heterocycles. The van der Waals surface area contributed by atoms with Gasteiger partial charge in [0, 0.05) is 38.8 Å². The second-order valence-corrected chi connectivity index (χ2v) is 6.76. The maximum atomic E-state index is 11.8. The molecule has 1 N–H and O–H groups in total. The fourth-order valence-corrected chi connectivity index (χ4v) is 3.04. The van der Waals surface area contributed by atoms with Gasteiger partial charge in [-0.1, -0.05) is 0 Å². The van der Waals surface area contributed by atoms with Crippen LogP contribution < -0.4 is 0 Å². The molecule has 1 saturated heterocycles.